The monoisotopic (exact) mass is 203 g/mol. The second-order valence-electron chi connectivity index (χ2n) is 3.34. The normalized spacial score (nSPS) is 10.5. The van der Waals surface area contributed by atoms with Crippen LogP contribution in [0.25, 0.3) is 11.3 Å². The van der Waals surface area contributed by atoms with Crippen molar-refractivity contribution in [3.8, 4) is 11.3 Å². The fraction of sp³-hybridized carbons (Fsp3) is 0.300. The predicted molar refractivity (Wildman–Crippen MR) is 58.0 cm³/mol. The molecular weight excluding hydrogens is 190 g/mol. The smallest absolute Gasteiger partial charge is 0.123 e. The number of rotatable bonds is 3. The second-order valence-corrected chi connectivity index (χ2v) is 3.34. The van der Waals surface area contributed by atoms with E-state index in [1.54, 1.807) is 12.3 Å². The molecule has 0 aliphatic rings. The molecule has 0 fully saturated rings. The van der Waals surface area contributed by atoms with Crippen molar-refractivity contribution < 1.29 is 0 Å². The zero-order valence-electron chi connectivity index (χ0n) is 8.59. The van der Waals surface area contributed by atoms with E-state index in [-0.39, 0.29) is 0 Å². The highest BCUT2D eigenvalue weighted by Crippen LogP contribution is 2.15. The highest BCUT2D eigenvalue weighted by molar-refractivity contribution is 5.57. The number of nitrogens with two attached hydrogens (primary N) is 1. The van der Waals surface area contributed by atoms with Crippen molar-refractivity contribution in [2.75, 3.05) is 5.73 Å². The molecular formula is C10H13N5. The summed E-state index contributed by atoms with van der Waals surface area (Å²) in [6.45, 7) is 2.99. The molecule has 0 atom stereocenters. The maximum atomic E-state index is 5.51. The average molecular weight is 203 g/mol. The molecule has 2 aromatic heterocycles. The van der Waals surface area contributed by atoms with Crippen LogP contribution in [0.5, 0.6) is 0 Å². The first-order chi connectivity index (χ1) is 7.29. The molecule has 0 spiro atoms. The van der Waals surface area contributed by atoms with Crippen LogP contribution >= 0.6 is 0 Å². The molecule has 0 amide bonds. The minimum Gasteiger partial charge on any atom is -0.384 e. The number of nitrogen functional groups attached to an aromatic ring is 1. The van der Waals surface area contributed by atoms with Crippen LogP contribution in [0.15, 0.2) is 24.5 Å². The maximum Gasteiger partial charge on any atom is 0.123 e. The van der Waals surface area contributed by atoms with Gasteiger partial charge in [0.05, 0.1) is 6.20 Å². The van der Waals surface area contributed by atoms with Crippen molar-refractivity contribution in [3.63, 3.8) is 0 Å². The number of aryl methyl sites for hydroxylation is 1. The Labute approximate surface area is 87.9 Å². The van der Waals surface area contributed by atoms with Gasteiger partial charge in [0.1, 0.15) is 11.5 Å². The molecule has 2 aromatic rings. The summed E-state index contributed by atoms with van der Waals surface area (Å²) in [6, 6.07) is 3.65. The number of nitrogens with zero attached hydrogens (tertiary/aromatic N) is 4. The van der Waals surface area contributed by atoms with Gasteiger partial charge in [0.15, 0.2) is 0 Å². The van der Waals surface area contributed by atoms with Crippen LogP contribution in [0.2, 0.25) is 0 Å². The minimum atomic E-state index is 0.514. The summed E-state index contributed by atoms with van der Waals surface area (Å²) in [5, 5.41) is 8.08. The molecule has 0 unspecified atom stereocenters. The number of hydrogen-bond acceptors (Lipinski definition) is 4. The molecule has 0 bridgehead atoms. The van der Waals surface area contributed by atoms with Gasteiger partial charge in [-0.15, -0.1) is 5.10 Å². The highest BCUT2D eigenvalue weighted by atomic mass is 15.4. The van der Waals surface area contributed by atoms with E-state index in [4.69, 9.17) is 5.73 Å². The van der Waals surface area contributed by atoms with E-state index >= 15 is 0 Å². The van der Waals surface area contributed by atoms with Gasteiger partial charge in [-0.3, -0.25) is 4.68 Å². The second kappa shape index (κ2) is 4.08. The predicted octanol–water partition coefficient (Wildman–Crippen LogP) is 1.33. The Kier molecular flexibility index (Phi) is 2.62. The molecule has 2 heterocycles. The van der Waals surface area contributed by atoms with E-state index in [1.807, 2.05) is 16.9 Å². The van der Waals surface area contributed by atoms with Crippen molar-refractivity contribution in [3.05, 3.63) is 24.5 Å². The van der Waals surface area contributed by atoms with Gasteiger partial charge in [-0.2, -0.15) is 0 Å². The lowest BCUT2D eigenvalue weighted by molar-refractivity contribution is 0.579. The van der Waals surface area contributed by atoms with Crippen molar-refractivity contribution in [2.45, 2.75) is 19.9 Å². The van der Waals surface area contributed by atoms with Crippen LogP contribution in [0.4, 0.5) is 5.82 Å². The van der Waals surface area contributed by atoms with Crippen molar-refractivity contribution in [2.24, 2.45) is 0 Å². The Morgan fingerprint density at radius 2 is 2.27 bits per heavy atom. The van der Waals surface area contributed by atoms with Gasteiger partial charge in [0, 0.05) is 18.3 Å². The van der Waals surface area contributed by atoms with Crippen molar-refractivity contribution >= 4 is 5.82 Å². The Hall–Kier alpha value is -1.91. The Morgan fingerprint density at radius 1 is 1.40 bits per heavy atom. The molecule has 5 nitrogen and oxygen atoms in total. The summed E-state index contributed by atoms with van der Waals surface area (Å²) < 4.78 is 1.83. The summed E-state index contributed by atoms with van der Waals surface area (Å²) in [5.74, 6) is 0.514. The van der Waals surface area contributed by atoms with Crippen LogP contribution in [-0.4, -0.2) is 20.0 Å². The van der Waals surface area contributed by atoms with Gasteiger partial charge >= 0.3 is 0 Å². The zero-order chi connectivity index (χ0) is 10.7. The van der Waals surface area contributed by atoms with Gasteiger partial charge in [-0.1, -0.05) is 12.1 Å². The van der Waals surface area contributed by atoms with Crippen LogP contribution in [0, 0.1) is 0 Å². The summed E-state index contributed by atoms with van der Waals surface area (Å²) in [4.78, 5) is 4.01. The molecule has 0 saturated heterocycles. The fourth-order valence-electron chi connectivity index (χ4n) is 1.33. The average Bonchev–Trinajstić information content (AvgIpc) is 2.68. The van der Waals surface area contributed by atoms with E-state index in [1.165, 1.54) is 0 Å². The van der Waals surface area contributed by atoms with E-state index in [0.29, 0.717) is 5.82 Å². The topological polar surface area (TPSA) is 69.6 Å². The molecule has 0 saturated carbocycles. The molecule has 2 N–H and O–H groups in total. The Bertz CT molecular complexity index is 431. The first kappa shape index (κ1) is 9.64. The third kappa shape index (κ3) is 2.12. The van der Waals surface area contributed by atoms with Gasteiger partial charge in [-0.25, -0.2) is 4.98 Å². The first-order valence-corrected chi connectivity index (χ1v) is 4.91. The minimum absolute atomic E-state index is 0.514. The molecule has 15 heavy (non-hydrogen) atoms. The molecule has 0 aromatic carbocycles. The number of pyridine rings is 1. The van der Waals surface area contributed by atoms with Gasteiger partial charge in [0.25, 0.3) is 0 Å². The zero-order valence-corrected chi connectivity index (χ0v) is 8.59. The molecule has 0 aliphatic carbocycles. The van der Waals surface area contributed by atoms with Crippen LogP contribution < -0.4 is 5.73 Å². The van der Waals surface area contributed by atoms with Crippen LogP contribution in [0.3, 0.4) is 0 Å². The van der Waals surface area contributed by atoms with E-state index in [2.05, 4.69) is 22.2 Å². The lowest BCUT2D eigenvalue weighted by Crippen LogP contribution is -1.96. The van der Waals surface area contributed by atoms with Crippen LogP contribution in [0.1, 0.15) is 13.3 Å². The van der Waals surface area contributed by atoms with Crippen molar-refractivity contribution in [1.82, 2.24) is 20.0 Å². The van der Waals surface area contributed by atoms with Gasteiger partial charge in [-0.05, 0) is 18.6 Å². The summed E-state index contributed by atoms with van der Waals surface area (Å²) in [6.07, 6.45) is 4.66. The summed E-state index contributed by atoms with van der Waals surface area (Å²) >= 11 is 0. The lowest BCUT2D eigenvalue weighted by atomic mass is 10.2. The Balaban J connectivity index is 2.25. The van der Waals surface area contributed by atoms with Gasteiger partial charge < -0.3 is 5.73 Å². The largest absolute Gasteiger partial charge is 0.384 e. The quantitative estimate of drug-likeness (QED) is 0.817. The lowest BCUT2D eigenvalue weighted by Gasteiger charge is -1.95. The van der Waals surface area contributed by atoms with E-state index in [9.17, 15) is 0 Å². The van der Waals surface area contributed by atoms with Crippen LogP contribution in [-0.2, 0) is 6.54 Å². The van der Waals surface area contributed by atoms with Gasteiger partial charge in [0.2, 0.25) is 0 Å². The number of anilines is 1. The third-order valence-corrected chi connectivity index (χ3v) is 2.07. The SMILES string of the molecule is CCCn1cc(-c2ccc(N)nc2)nn1. The standard InChI is InChI=1S/C10H13N5/c1-2-5-15-7-9(13-14-15)8-3-4-10(11)12-6-8/h3-4,6-7H,2,5H2,1H3,(H2,11,12). The fourth-order valence-corrected chi connectivity index (χ4v) is 1.33. The molecule has 2 rings (SSSR count). The third-order valence-electron chi connectivity index (χ3n) is 2.07. The summed E-state index contributed by atoms with van der Waals surface area (Å²) in [7, 11) is 0. The molecule has 0 aliphatic heterocycles. The molecule has 0 radical (unpaired) electrons. The number of hydrogen-bond donors (Lipinski definition) is 1. The first-order valence-electron chi connectivity index (χ1n) is 4.91. The summed E-state index contributed by atoms with van der Waals surface area (Å²) in [5.41, 5.74) is 7.27. The maximum absolute atomic E-state index is 5.51. The van der Waals surface area contributed by atoms with E-state index < -0.39 is 0 Å². The van der Waals surface area contributed by atoms with Crippen molar-refractivity contribution in [1.29, 1.82) is 0 Å². The van der Waals surface area contributed by atoms with E-state index in [0.717, 1.165) is 24.2 Å². The molecule has 78 valence electrons. The Morgan fingerprint density at radius 3 is 2.93 bits per heavy atom. The number of aromatic nitrogens is 4. The highest BCUT2D eigenvalue weighted by Gasteiger charge is 2.03. The molecule has 5 heteroatoms.